The molecular weight excluding hydrogens is 412 g/mol. The van der Waals surface area contributed by atoms with Crippen LogP contribution in [0.25, 0.3) is 0 Å². The molecule has 9 heteroatoms. The van der Waals surface area contributed by atoms with Gasteiger partial charge in [0.25, 0.3) is 17.3 Å². The van der Waals surface area contributed by atoms with Crippen molar-refractivity contribution in [2.24, 2.45) is 5.10 Å². The van der Waals surface area contributed by atoms with Crippen molar-refractivity contribution in [3.8, 4) is 0 Å². The predicted octanol–water partition coefficient (Wildman–Crippen LogP) is 4.80. The molecule has 1 atom stereocenters. The lowest BCUT2D eigenvalue weighted by Gasteiger charge is -2.22. The average Bonchev–Trinajstić information content (AvgIpc) is 3.24. The van der Waals surface area contributed by atoms with E-state index >= 15 is 0 Å². The summed E-state index contributed by atoms with van der Waals surface area (Å²) in [5.74, 6) is -0.521. The van der Waals surface area contributed by atoms with Crippen LogP contribution in [-0.4, -0.2) is 26.5 Å². The summed E-state index contributed by atoms with van der Waals surface area (Å²) >= 11 is 0. The SMILES string of the molecule is Cc1ccc(C2=NN(C(=O)c3cccc([N+](=O)[O-])c3)[C@@H](c3cccc([N+](=O)[O-])c3)C2)cc1. The summed E-state index contributed by atoms with van der Waals surface area (Å²) < 4.78 is 0. The van der Waals surface area contributed by atoms with Crippen LogP contribution in [0.5, 0.6) is 0 Å². The zero-order valence-corrected chi connectivity index (χ0v) is 17.0. The molecule has 0 unspecified atom stereocenters. The summed E-state index contributed by atoms with van der Waals surface area (Å²) in [6.07, 6.45) is 0.352. The molecule has 0 N–H and O–H groups in total. The molecular formula is C23H18N4O5. The first-order valence-corrected chi connectivity index (χ1v) is 9.80. The molecule has 0 spiro atoms. The quantitative estimate of drug-likeness (QED) is 0.425. The lowest BCUT2D eigenvalue weighted by molar-refractivity contribution is -0.385. The molecule has 1 amide bonds. The Morgan fingerprint density at radius 2 is 1.56 bits per heavy atom. The first-order valence-electron chi connectivity index (χ1n) is 9.80. The number of amides is 1. The number of carbonyl (C=O) groups excluding carboxylic acids is 1. The lowest BCUT2D eigenvalue weighted by atomic mass is 9.97. The number of non-ortho nitro benzene ring substituents is 2. The fourth-order valence-corrected chi connectivity index (χ4v) is 3.61. The van der Waals surface area contributed by atoms with E-state index in [-0.39, 0.29) is 16.9 Å². The van der Waals surface area contributed by atoms with Crippen molar-refractivity contribution in [3.63, 3.8) is 0 Å². The van der Waals surface area contributed by atoms with Crippen LogP contribution < -0.4 is 0 Å². The second-order valence-corrected chi connectivity index (χ2v) is 7.44. The minimum absolute atomic E-state index is 0.0889. The van der Waals surface area contributed by atoms with Gasteiger partial charge in [0, 0.05) is 36.2 Å². The van der Waals surface area contributed by atoms with Crippen molar-refractivity contribution in [3.05, 3.63) is 115 Å². The van der Waals surface area contributed by atoms with Gasteiger partial charge in [0.2, 0.25) is 0 Å². The fourth-order valence-electron chi connectivity index (χ4n) is 3.61. The van der Waals surface area contributed by atoms with Crippen LogP contribution in [0.3, 0.4) is 0 Å². The number of nitro groups is 2. The van der Waals surface area contributed by atoms with E-state index in [2.05, 4.69) is 5.10 Å². The van der Waals surface area contributed by atoms with E-state index in [0.29, 0.717) is 17.7 Å². The molecule has 0 saturated carbocycles. The van der Waals surface area contributed by atoms with Crippen LogP contribution in [0.1, 0.15) is 39.5 Å². The Kier molecular flexibility index (Phi) is 5.46. The van der Waals surface area contributed by atoms with Crippen molar-refractivity contribution in [1.82, 2.24) is 5.01 Å². The number of benzene rings is 3. The van der Waals surface area contributed by atoms with Crippen molar-refractivity contribution >= 4 is 23.0 Å². The number of nitro benzene ring substituents is 2. The molecule has 1 heterocycles. The highest BCUT2D eigenvalue weighted by atomic mass is 16.6. The van der Waals surface area contributed by atoms with Crippen LogP contribution in [0.2, 0.25) is 0 Å². The van der Waals surface area contributed by atoms with E-state index in [1.807, 2.05) is 31.2 Å². The summed E-state index contributed by atoms with van der Waals surface area (Å²) in [5.41, 5.74) is 2.94. The third-order valence-corrected chi connectivity index (χ3v) is 5.27. The zero-order chi connectivity index (χ0) is 22.8. The molecule has 0 saturated heterocycles. The number of hydrogen-bond acceptors (Lipinski definition) is 6. The third-order valence-electron chi connectivity index (χ3n) is 5.27. The number of rotatable bonds is 5. The van der Waals surface area contributed by atoms with Crippen molar-refractivity contribution < 1.29 is 14.6 Å². The molecule has 32 heavy (non-hydrogen) atoms. The molecule has 160 valence electrons. The minimum atomic E-state index is -0.585. The van der Waals surface area contributed by atoms with Gasteiger partial charge in [-0.1, -0.05) is 48.0 Å². The van der Waals surface area contributed by atoms with Gasteiger partial charge in [0.05, 0.1) is 21.6 Å². The van der Waals surface area contributed by atoms with E-state index in [9.17, 15) is 25.0 Å². The highest BCUT2D eigenvalue weighted by Crippen LogP contribution is 2.35. The lowest BCUT2D eigenvalue weighted by Crippen LogP contribution is -2.27. The Morgan fingerprint density at radius 3 is 2.22 bits per heavy atom. The second-order valence-electron chi connectivity index (χ2n) is 7.44. The highest BCUT2D eigenvalue weighted by Gasteiger charge is 2.34. The van der Waals surface area contributed by atoms with E-state index < -0.39 is 21.8 Å². The van der Waals surface area contributed by atoms with Gasteiger partial charge in [-0.3, -0.25) is 25.0 Å². The third kappa shape index (κ3) is 4.08. The van der Waals surface area contributed by atoms with E-state index in [1.165, 1.54) is 41.4 Å². The number of hydrogen-bond donors (Lipinski definition) is 0. The van der Waals surface area contributed by atoms with Crippen molar-refractivity contribution in [2.45, 2.75) is 19.4 Å². The summed E-state index contributed by atoms with van der Waals surface area (Å²) in [7, 11) is 0. The van der Waals surface area contributed by atoms with Crippen LogP contribution in [0.4, 0.5) is 11.4 Å². The van der Waals surface area contributed by atoms with Crippen LogP contribution >= 0.6 is 0 Å². The number of carbonyl (C=O) groups is 1. The zero-order valence-electron chi connectivity index (χ0n) is 17.0. The van der Waals surface area contributed by atoms with Crippen LogP contribution in [0, 0.1) is 27.2 Å². The molecule has 1 aliphatic rings. The molecule has 1 aliphatic heterocycles. The van der Waals surface area contributed by atoms with Gasteiger partial charge in [-0.05, 0) is 24.1 Å². The highest BCUT2D eigenvalue weighted by molar-refractivity contribution is 6.05. The van der Waals surface area contributed by atoms with Gasteiger partial charge >= 0.3 is 0 Å². The number of hydrazone groups is 1. The standard InChI is InChI=1S/C23H18N4O5/c1-15-8-10-16(11-9-15)21-14-22(17-4-2-6-19(12-17)26(29)30)25(24-21)23(28)18-5-3-7-20(13-18)27(31)32/h2-13,22H,14H2,1H3/t22-/m1/s1. The Bertz CT molecular complexity index is 1250. The Morgan fingerprint density at radius 1 is 0.938 bits per heavy atom. The molecule has 0 radical (unpaired) electrons. The molecule has 3 aromatic carbocycles. The van der Waals surface area contributed by atoms with Crippen LogP contribution in [0.15, 0.2) is 77.9 Å². The molecule has 3 aromatic rings. The van der Waals surface area contributed by atoms with Gasteiger partial charge in [-0.15, -0.1) is 0 Å². The molecule has 0 aliphatic carbocycles. The normalized spacial score (nSPS) is 15.3. The molecule has 0 aromatic heterocycles. The molecule has 4 rings (SSSR count). The van der Waals surface area contributed by atoms with E-state index in [1.54, 1.807) is 12.1 Å². The summed E-state index contributed by atoms with van der Waals surface area (Å²) in [5, 5.41) is 28.2. The maximum atomic E-state index is 13.3. The average molecular weight is 430 g/mol. The first kappa shape index (κ1) is 20.9. The number of aryl methyl sites for hydroxylation is 1. The van der Waals surface area contributed by atoms with Crippen molar-refractivity contribution in [1.29, 1.82) is 0 Å². The van der Waals surface area contributed by atoms with Crippen molar-refractivity contribution in [2.75, 3.05) is 0 Å². The number of nitrogens with zero attached hydrogens (tertiary/aromatic N) is 4. The second kappa shape index (κ2) is 8.38. The summed E-state index contributed by atoms with van der Waals surface area (Å²) in [4.78, 5) is 34.6. The van der Waals surface area contributed by atoms with Gasteiger partial charge in [-0.25, -0.2) is 5.01 Å². The predicted molar refractivity (Wildman–Crippen MR) is 117 cm³/mol. The van der Waals surface area contributed by atoms with E-state index in [4.69, 9.17) is 0 Å². The Labute approximate surface area is 182 Å². The Hall–Kier alpha value is -4.40. The van der Waals surface area contributed by atoms with Gasteiger partial charge in [0.15, 0.2) is 0 Å². The van der Waals surface area contributed by atoms with Gasteiger partial charge in [-0.2, -0.15) is 5.10 Å². The summed E-state index contributed by atoms with van der Waals surface area (Å²) in [6.45, 7) is 1.96. The van der Waals surface area contributed by atoms with Gasteiger partial charge < -0.3 is 0 Å². The molecule has 0 fully saturated rings. The maximum absolute atomic E-state index is 13.3. The topological polar surface area (TPSA) is 119 Å². The minimum Gasteiger partial charge on any atom is -0.267 e. The Balaban J connectivity index is 1.76. The monoisotopic (exact) mass is 430 g/mol. The maximum Gasteiger partial charge on any atom is 0.274 e. The smallest absolute Gasteiger partial charge is 0.267 e. The van der Waals surface area contributed by atoms with E-state index in [0.717, 1.165) is 11.1 Å². The summed E-state index contributed by atoms with van der Waals surface area (Å²) in [6, 6.07) is 18.6. The largest absolute Gasteiger partial charge is 0.274 e. The fraction of sp³-hybridized carbons (Fsp3) is 0.130. The van der Waals surface area contributed by atoms with Crippen LogP contribution in [-0.2, 0) is 0 Å². The van der Waals surface area contributed by atoms with Gasteiger partial charge in [0.1, 0.15) is 0 Å². The molecule has 9 nitrogen and oxygen atoms in total. The molecule has 0 bridgehead atoms. The first-order chi connectivity index (χ1) is 15.3.